The van der Waals surface area contributed by atoms with Crippen LogP contribution in [0.5, 0.6) is 0 Å². The van der Waals surface area contributed by atoms with E-state index in [2.05, 4.69) is 18.2 Å². The molecule has 0 saturated carbocycles. The normalized spacial score (nSPS) is 26.9. The number of nitroso groups, excluding NO2 is 1. The second-order valence-corrected chi connectivity index (χ2v) is 9.05. The lowest BCUT2D eigenvalue weighted by Gasteiger charge is -2.36. The number of hydrogen-bond donors (Lipinski definition) is 1. The summed E-state index contributed by atoms with van der Waals surface area (Å²) in [6, 6.07) is 0. The summed E-state index contributed by atoms with van der Waals surface area (Å²) in [5.74, 6) is -0.182. The van der Waals surface area contributed by atoms with E-state index in [9.17, 15) is 14.8 Å². The number of hydrogen-bond acceptors (Lipinski definition) is 6. The number of allylic oxidation sites excluding steroid dienone is 1. The molecule has 0 spiro atoms. The van der Waals surface area contributed by atoms with Crippen LogP contribution in [0.4, 0.5) is 0 Å². The lowest BCUT2D eigenvalue weighted by Crippen LogP contribution is -2.44. The molecule has 0 radical (unpaired) electrons. The number of aliphatic hydroxyl groups is 1. The Balaban J connectivity index is 2.76. The van der Waals surface area contributed by atoms with Gasteiger partial charge in [-0.25, -0.2) is 0 Å². The van der Waals surface area contributed by atoms with E-state index in [4.69, 9.17) is 9.47 Å². The second kappa shape index (κ2) is 11.6. The summed E-state index contributed by atoms with van der Waals surface area (Å²) in [7, 11) is 0. The highest BCUT2D eigenvalue weighted by molar-refractivity contribution is 5.66. The van der Waals surface area contributed by atoms with Crippen LogP contribution < -0.4 is 0 Å². The van der Waals surface area contributed by atoms with Gasteiger partial charge in [-0.15, -0.1) is 0 Å². The van der Waals surface area contributed by atoms with Crippen LogP contribution in [0, 0.1) is 10.8 Å². The van der Waals surface area contributed by atoms with Crippen LogP contribution in [0.15, 0.2) is 28.5 Å². The second-order valence-electron chi connectivity index (χ2n) is 9.05. The first kappa shape index (κ1) is 25.5. The standard InChI is InChI=1S/C23H39NO5/c1-17(2)11-14-22(5,26)18(3)8-7-13-23(6)21(29-19(4)25)10-9-20(16-28-23)12-15-24-27/h11-12,18,21,26H,7-10,13-16H2,1-6H3/t18?,21-,22?,23+/m1/s1. The third-order valence-corrected chi connectivity index (χ3v) is 6.05. The summed E-state index contributed by atoms with van der Waals surface area (Å²) in [5.41, 5.74) is 0.870. The Hall–Kier alpha value is -1.53. The van der Waals surface area contributed by atoms with E-state index in [1.165, 1.54) is 12.5 Å². The van der Waals surface area contributed by atoms with Crippen molar-refractivity contribution in [1.82, 2.24) is 0 Å². The minimum absolute atomic E-state index is 0.131. The number of carbonyl (C=O) groups is 1. The minimum atomic E-state index is -0.754. The van der Waals surface area contributed by atoms with Gasteiger partial charge in [0.1, 0.15) is 11.7 Å². The van der Waals surface area contributed by atoms with Crippen LogP contribution in [0.3, 0.4) is 0 Å². The zero-order valence-corrected chi connectivity index (χ0v) is 19.0. The van der Waals surface area contributed by atoms with E-state index in [1.54, 1.807) is 6.08 Å². The molecule has 1 N–H and O–H groups in total. The Morgan fingerprint density at radius 2 is 2.14 bits per heavy atom. The highest BCUT2D eigenvalue weighted by atomic mass is 16.6. The van der Waals surface area contributed by atoms with Gasteiger partial charge in [0, 0.05) is 6.92 Å². The van der Waals surface area contributed by atoms with Gasteiger partial charge < -0.3 is 14.6 Å². The van der Waals surface area contributed by atoms with Gasteiger partial charge in [0.25, 0.3) is 0 Å². The number of ether oxygens (including phenoxy) is 2. The van der Waals surface area contributed by atoms with E-state index in [1.807, 2.05) is 27.7 Å². The van der Waals surface area contributed by atoms with Gasteiger partial charge in [0.05, 0.1) is 18.8 Å². The van der Waals surface area contributed by atoms with Crippen molar-refractivity contribution in [2.45, 2.75) is 97.4 Å². The van der Waals surface area contributed by atoms with Gasteiger partial charge in [0.15, 0.2) is 0 Å². The summed E-state index contributed by atoms with van der Waals surface area (Å²) < 4.78 is 11.8. The van der Waals surface area contributed by atoms with Gasteiger partial charge in [-0.2, -0.15) is 4.91 Å². The Morgan fingerprint density at radius 3 is 2.72 bits per heavy atom. The molecule has 1 fully saturated rings. The van der Waals surface area contributed by atoms with Crippen molar-refractivity contribution >= 4 is 5.97 Å². The number of rotatable bonds is 10. The molecule has 29 heavy (non-hydrogen) atoms. The van der Waals surface area contributed by atoms with E-state index in [0.29, 0.717) is 19.4 Å². The lowest BCUT2D eigenvalue weighted by atomic mass is 9.81. The Kier molecular flexibility index (Phi) is 10.2. The number of carbonyl (C=O) groups excluding carboxylic acids is 1. The Bertz CT molecular complexity index is 606. The summed E-state index contributed by atoms with van der Waals surface area (Å²) in [4.78, 5) is 22.0. The van der Waals surface area contributed by atoms with Crippen LogP contribution in [0.1, 0.15) is 80.1 Å². The molecule has 4 atom stereocenters. The average molecular weight is 410 g/mol. The molecule has 166 valence electrons. The van der Waals surface area contributed by atoms with Crippen LogP contribution >= 0.6 is 0 Å². The quantitative estimate of drug-likeness (QED) is 0.308. The van der Waals surface area contributed by atoms with Crippen molar-refractivity contribution in [3.05, 3.63) is 28.2 Å². The van der Waals surface area contributed by atoms with Crippen molar-refractivity contribution in [2.24, 2.45) is 11.1 Å². The largest absolute Gasteiger partial charge is 0.459 e. The molecular formula is C23H39NO5. The molecule has 0 aromatic heterocycles. The minimum Gasteiger partial charge on any atom is -0.459 e. The molecule has 6 heteroatoms. The molecule has 6 nitrogen and oxygen atoms in total. The van der Waals surface area contributed by atoms with Crippen molar-refractivity contribution < 1.29 is 19.4 Å². The summed E-state index contributed by atoms with van der Waals surface area (Å²) in [5, 5.41) is 13.7. The number of esters is 1. The maximum atomic E-state index is 11.6. The van der Waals surface area contributed by atoms with Crippen molar-refractivity contribution in [3.8, 4) is 0 Å². The zero-order valence-electron chi connectivity index (χ0n) is 19.0. The van der Waals surface area contributed by atoms with Crippen LogP contribution in [-0.2, 0) is 14.3 Å². The number of nitrogens with zero attached hydrogens (tertiary/aromatic N) is 1. The van der Waals surface area contributed by atoms with E-state index in [-0.39, 0.29) is 24.5 Å². The fourth-order valence-electron chi connectivity index (χ4n) is 3.67. The fraction of sp³-hybridized carbons (Fsp3) is 0.783. The molecule has 0 amide bonds. The van der Waals surface area contributed by atoms with Gasteiger partial charge in [-0.1, -0.05) is 36.2 Å². The van der Waals surface area contributed by atoms with Crippen LogP contribution in [0.25, 0.3) is 0 Å². The first-order valence-corrected chi connectivity index (χ1v) is 10.6. The molecule has 1 rings (SSSR count). The van der Waals surface area contributed by atoms with E-state index < -0.39 is 11.2 Å². The van der Waals surface area contributed by atoms with E-state index >= 15 is 0 Å². The molecule has 1 heterocycles. The molecule has 0 aromatic rings. The lowest BCUT2D eigenvalue weighted by molar-refractivity contribution is -0.168. The van der Waals surface area contributed by atoms with Crippen molar-refractivity contribution in [2.75, 3.05) is 13.2 Å². The monoisotopic (exact) mass is 409 g/mol. The molecule has 1 aliphatic rings. The van der Waals surface area contributed by atoms with Gasteiger partial charge in [-0.05, 0) is 71.3 Å². The Morgan fingerprint density at radius 1 is 1.45 bits per heavy atom. The molecular weight excluding hydrogens is 370 g/mol. The maximum Gasteiger partial charge on any atom is 0.303 e. The van der Waals surface area contributed by atoms with Crippen LogP contribution in [-0.4, -0.2) is 41.5 Å². The predicted octanol–water partition coefficient (Wildman–Crippen LogP) is 5.09. The molecule has 0 aromatic carbocycles. The third kappa shape index (κ3) is 8.79. The Labute approximate surface area is 175 Å². The molecule has 1 saturated heterocycles. The van der Waals surface area contributed by atoms with Gasteiger partial charge >= 0.3 is 5.97 Å². The summed E-state index contributed by atoms with van der Waals surface area (Å²) >= 11 is 0. The third-order valence-electron chi connectivity index (χ3n) is 6.05. The first-order valence-electron chi connectivity index (χ1n) is 10.6. The van der Waals surface area contributed by atoms with Gasteiger partial charge in [0.2, 0.25) is 0 Å². The molecule has 0 aliphatic carbocycles. The highest BCUT2D eigenvalue weighted by Crippen LogP contribution is 2.35. The summed E-state index contributed by atoms with van der Waals surface area (Å²) in [6.07, 6.45) is 7.99. The van der Waals surface area contributed by atoms with Crippen molar-refractivity contribution in [3.63, 3.8) is 0 Å². The van der Waals surface area contributed by atoms with E-state index in [0.717, 1.165) is 31.3 Å². The SMILES string of the molecule is CC(=O)O[C@@H]1CCC(=CCN=O)CO[C@@]1(C)CCCC(C)C(C)(O)CC=C(C)C. The predicted molar refractivity (Wildman–Crippen MR) is 116 cm³/mol. The topological polar surface area (TPSA) is 85.2 Å². The van der Waals surface area contributed by atoms with Gasteiger partial charge in [-0.3, -0.25) is 4.79 Å². The average Bonchev–Trinajstić information content (AvgIpc) is 2.78. The van der Waals surface area contributed by atoms with Crippen molar-refractivity contribution in [1.29, 1.82) is 0 Å². The molecule has 2 unspecified atom stereocenters. The zero-order chi connectivity index (χ0) is 22.1. The van der Waals surface area contributed by atoms with Crippen LogP contribution in [0.2, 0.25) is 0 Å². The maximum absolute atomic E-state index is 11.6. The first-order chi connectivity index (χ1) is 13.5. The fourth-order valence-corrected chi connectivity index (χ4v) is 3.67. The highest BCUT2D eigenvalue weighted by Gasteiger charge is 2.40. The molecule has 0 bridgehead atoms. The molecule has 1 aliphatic heterocycles. The smallest absolute Gasteiger partial charge is 0.303 e. The summed E-state index contributed by atoms with van der Waals surface area (Å²) in [6.45, 7) is 12.0.